The van der Waals surface area contributed by atoms with Crippen LogP contribution in [-0.2, 0) is 6.42 Å². The van der Waals surface area contributed by atoms with Crippen LogP contribution in [0.25, 0.3) is 0 Å². The van der Waals surface area contributed by atoms with Gasteiger partial charge in [0.2, 0.25) is 0 Å². The monoisotopic (exact) mass is 300 g/mol. The van der Waals surface area contributed by atoms with E-state index in [1.807, 2.05) is 12.1 Å². The number of halogens is 1. The minimum absolute atomic E-state index is 0.0485. The molecule has 0 radical (unpaired) electrons. The fraction of sp³-hybridized carbons (Fsp3) is 0.250. The van der Waals surface area contributed by atoms with Gasteiger partial charge in [0, 0.05) is 26.7 Å². The summed E-state index contributed by atoms with van der Waals surface area (Å²) in [7, 11) is 3.49. The van der Waals surface area contributed by atoms with Crippen molar-refractivity contribution in [3.05, 3.63) is 47.4 Å². The normalized spacial score (nSPS) is 13.8. The van der Waals surface area contributed by atoms with E-state index in [0.29, 0.717) is 23.6 Å². The van der Waals surface area contributed by atoms with Crippen molar-refractivity contribution in [2.75, 3.05) is 31.3 Å². The van der Waals surface area contributed by atoms with Gasteiger partial charge in [0.25, 0.3) is 5.91 Å². The van der Waals surface area contributed by atoms with E-state index in [0.717, 1.165) is 18.2 Å². The number of hydrogen-bond acceptors (Lipinski definition) is 4. The number of rotatable bonds is 3. The van der Waals surface area contributed by atoms with Crippen molar-refractivity contribution in [2.45, 2.75) is 6.42 Å². The number of amides is 1. The standard InChI is InChI=1S/C16H17FN4O/c1-18-14-8-13(11(17)9-19-14)20-12-5-3-4-10-6-7-21(2)16(22)15(10)12/h3-5,8-9H,6-7H2,1-2H3,(H2,18,19,20). The number of nitrogens with one attached hydrogen (secondary N) is 2. The number of nitrogens with zero attached hydrogens (tertiary/aromatic N) is 2. The van der Waals surface area contributed by atoms with E-state index in [1.165, 1.54) is 0 Å². The predicted molar refractivity (Wildman–Crippen MR) is 84.1 cm³/mol. The second kappa shape index (κ2) is 5.63. The maximum atomic E-state index is 13.9. The van der Waals surface area contributed by atoms with E-state index in [4.69, 9.17) is 0 Å². The number of aromatic nitrogens is 1. The van der Waals surface area contributed by atoms with E-state index in [2.05, 4.69) is 15.6 Å². The topological polar surface area (TPSA) is 57.3 Å². The third-order valence-electron chi connectivity index (χ3n) is 3.81. The van der Waals surface area contributed by atoms with Crippen LogP contribution in [0.5, 0.6) is 0 Å². The predicted octanol–water partition coefficient (Wildman–Crippen LogP) is 2.63. The number of pyridine rings is 1. The quantitative estimate of drug-likeness (QED) is 0.915. The Kier molecular flexibility index (Phi) is 3.66. The molecule has 0 spiro atoms. The molecule has 2 aromatic rings. The molecular formula is C16H17FN4O. The highest BCUT2D eigenvalue weighted by atomic mass is 19.1. The molecule has 6 heteroatoms. The number of carbonyl (C=O) groups excluding carboxylic acids is 1. The molecule has 5 nitrogen and oxygen atoms in total. The van der Waals surface area contributed by atoms with Gasteiger partial charge in [-0.25, -0.2) is 9.37 Å². The van der Waals surface area contributed by atoms with Gasteiger partial charge in [0.05, 0.1) is 23.1 Å². The SMILES string of the molecule is CNc1cc(Nc2cccc3c2C(=O)N(C)CC3)c(F)cn1. The van der Waals surface area contributed by atoms with Crippen LogP contribution in [0.2, 0.25) is 0 Å². The molecule has 22 heavy (non-hydrogen) atoms. The first-order valence-corrected chi connectivity index (χ1v) is 7.08. The van der Waals surface area contributed by atoms with Crippen molar-refractivity contribution in [3.8, 4) is 0 Å². The van der Waals surface area contributed by atoms with E-state index in [1.54, 1.807) is 31.1 Å². The molecule has 3 rings (SSSR count). The van der Waals surface area contributed by atoms with Crippen LogP contribution in [0.1, 0.15) is 15.9 Å². The Balaban J connectivity index is 2.02. The molecule has 114 valence electrons. The highest BCUT2D eigenvalue weighted by molar-refractivity contribution is 6.02. The molecule has 0 aliphatic carbocycles. The fourth-order valence-electron chi connectivity index (χ4n) is 2.56. The van der Waals surface area contributed by atoms with Crippen LogP contribution in [0.3, 0.4) is 0 Å². The Morgan fingerprint density at radius 1 is 1.32 bits per heavy atom. The first-order valence-electron chi connectivity index (χ1n) is 7.08. The smallest absolute Gasteiger partial charge is 0.255 e. The summed E-state index contributed by atoms with van der Waals surface area (Å²) in [5.74, 6) is 0.0398. The van der Waals surface area contributed by atoms with Gasteiger partial charge in [-0.3, -0.25) is 4.79 Å². The molecule has 0 fully saturated rings. The van der Waals surface area contributed by atoms with Crippen molar-refractivity contribution < 1.29 is 9.18 Å². The summed E-state index contributed by atoms with van der Waals surface area (Å²) < 4.78 is 13.9. The van der Waals surface area contributed by atoms with E-state index in [-0.39, 0.29) is 11.6 Å². The summed E-state index contributed by atoms with van der Waals surface area (Å²) in [6, 6.07) is 7.17. The molecule has 0 atom stereocenters. The third-order valence-corrected chi connectivity index (χ3v) is 3.81. The first kappa shape index (κ1) is 14.3. The zero-order valence-electron chi connectivity index (χ0n) is 12.5. The van der Waals surface area contributed by atoms with E-state index >= 15 is 0 Å². The lowest BCUT2D eigenvalue weighted by Gasteiger charge is -2.27. The Bertz CT molecular complexity index is 732. The molecule has 1 aromatic carbocycles. The van der Waals surface area contributed by atoms with Crippen LogP contribution in [0.15, 0.2) is 30.5 Å². The van der Waals surface area contributed by atoms with Gasteiger partial charge >= 0.3 is 0 Å². The van der Waals surface area contributed by atoms with Crippen LogP contribution < -0.4 is 10.6 Å². The summed E-state index contributed by atoms with van der Waals surface area (Å²) in [5, 5.41) is 5.89. The molecule has 0 bridgehead atoms. The van der Waals surface area contributed by atoms with Crippen LogP contribution >= 0.6 is 0 Å². The highest BCUT2D eigenvalue weighted by Gasteiger charge is 2.24. The second-order valence-corrected chi connectivity index (χ2v) is 5.24. The zero-order valence-corrected chi connectivity index (χ0v) is 12.5. The molecule has 0 saturated carbocycles. The molecule has 0 unspecified atom stereocenters. The summed E-state index contributed by atoms with van der Waals surface area (Å²) in [5.41, 5.74) is 2.49. The molecular weight excluding hydrogens is 283 g/mol. The molecule has 0 saturated heterocycles. The van der Waals surface area contributed by atoms with Gasteiger partial charge in [0.15, 0.2) is 5.82 Å². The van der Waals surface area contributed by atoms with E-state index < -0.39 is 5.82 Å². The van der Waals surface area contributed by atoms with Crippen molar-refractivity contribution in [2.24, 2.45) is 0 Å². The maximum Gasteiger partial charge on any atom is 0.255 e. The lowest BCUT2D eigenvalue weighted by Crippen LogP contribution is -2.34. The number of benzene rings is 1. The van der Waals surface area contributed by atoms with Crippen molar-refractivity contribution >= 4 is 23.1 Å². The minimum atomic E-state index is -0.465. The second-order valence-electron chi connectivity index (χ2n) is 5.24. The number of hydrogen-bond donors (Lipinski definition) is 2. The lowest BCUT2D eigenvalue weighted by atomic mass is 9.97. The van der Waals surface area contributed by atoms with Gasteiger partial charge in [-0.2, -0.15) is 0 Å². The average Bonchev–Trinajstić information content (AvgIpc) is 2.53. The van der Waals surface area contributed by atoms with Gasteiger partial charge in [-0.15, -0.1) is 0 Å². The van der Waals surface area contributed by atoms with Crippen LogP contribution in [0, 0.1) is 5.82 Å². The number of anilines is 3. The summed E-state index contributed by atoms with van der Waals surface area (Å²) in [4.78, 5) is 18.0. The number of likely N-dealkylation sites (N-methyl/N-ethyl adjacent to an activating group) is 1. The molecule has 1 amide bonds. The summed E-state index contributed by atoms with van der Waals surface area (Å²) in [6.45, 7) is 0.697. The van der Waals surface area contributed by atoms with Crippen molar-refractivity contribution in [1.29, 1.82) is 0 Å². The summed E-state index contributed by atoms with van der Waals surface area (Å²) >= 11 is 0. The first-order chi connectivity index (χ1) is 10.6. The van der Waals surface area contributed by atoms with Crippen molar-refractivity contribution in [1.82, 2.24) is 9.88 Å². The third kappa shape index (κ3) is 2.47. The molecule has 2 N–H and O–H groups in total. The molecule has 1 aliphatic heterocycles. The van der Waals surface area contributed by atoms with Gasteiger partial charge in [-0.05, 0) is 18.1 Å². The van der Waals surface area contributed by atoms with Gasteiger partial charge < -0.3 is 15.5 Å². The van der Waals surface area contributed by atoms with E-state index in [9.17, 15) is 9.18 Å². The molecule has 1 aliphatic rings. The average molecular weight is 300 g/mol. The van der Waals surface area contributed by atoms with Crippen LogP contribution in [0.4, 0.5) is 21.6 Å². The van der Waals surface area contributed by atoms with Crippen molar-refractivity contribution in [3.63, 3.8) is 0 Å². The Hall–Kier alpha value is -2.63. The Morgan fingerprint density at radius 3 is 2.91 bits per heavy atom. The Labute approximate surface area is 128 Å². The largest absolute Gasteiger partial charge is 0.373 e. The number of fused-ring (bicyclic) bond motifs is 1. The Morgan fingerprint density at radius 2 is 2.14 bits per heavy atom. The zero-order chi connectivity index (χ0) is 15.7. The highest BCUT2D eigenvalue weighted by Crippen LogP contribution is 2.29. The van der Waals surface area contributed by atoms with Gasteiger partial charge in [0.1, 0.15) is 5.82 Å². The maximum absolute atomic E-state index is 13.9. The lowest BCUT2D eigenvalue weighted by molar-refractivity contribution is 0.0782. The molecule has 1 aromatic heterocycles. The minimum Gasteiger partial charge on any atom is -0.373 e. The summed E-state index contributed by atoms with van der Waals surface area (Å²) in [6.07, 6.45) is 1.95. The molecule has 2 heterocycles. The van der Waals surface area contributed by atoms with Crippen LogP contribution in [-0.4, -0.2) is 36.4 Å². The number of carbonyl (C=O) groups is 1. The van der Waals surface area contributed by atoms with Gasteiger partial charge in [-0.1, -0.05) is 12.1 Å². The fourth-order valence-corrected chi connectivity index (χ4v) is 2.56.